The highest BCUT2D eigenvalue weighted by molar-refractivity contribution is 5.91. The lowest BCUT2D eigenvalue weighted by atomic mass is 10.1. The van der Waals surface area contributed by atoms with Gasteiger partial charge in [0.25, 0.3) is 0 Å². The summed E-state index contributed by atoms with van der Waals surface area (Å²) in [5.41, 5.74) is 3.08. The maximum Gasteiger partial charge on any atom is 0.246 e. The van der Waals surface area contributed by atoms with E-state index in [0.29, 0.717) is 12.1 Å². The second-order valence-corrected chi connectivity index (χ2v) is 6.74. The summed E-state index contributed by atoms with van der Waals surface area (Å²) >= 11 is 0. The van der Waals surface area contributed by atoms with Crippen molar-refractivity contribution in [3.63, 3.8) is 0 Å². The fraction of sp³-hybridized carbons (Fsp3) is 0.318. The molecule has 1 fully saturated rings. The van der Waals surface area contributed by atoms with Gasteiger partial charge < -0.3 is 4.90 Å². The molecule has 1 aliphatic rings. The molecule has 136 valence electrons. The van der Waals surface area contributed by atoms with Crippen molar-refractivity contribution >= 4 is 12.0 Å². The Balaban J connectivity index is 1.57. The minimum Gasteiger partial charge on any atom is -0.338 e. The van der Waals surface area contributed by atoms with Crippen LogP contribution in [0.3, 0.4) is 0 Å². The molecule has 0 N–H and O–H groups in total. The zero-order valence-electron chi connectivity index (χ0n) is 15.2. The zero-order valence-corrected chi connectivity index (χ0v) is 15.2. The van der Waals surface area contributed by atoms with Gasteiger partial charge >= 0.3 is 0 Å². The summed E-state index contributed by atoms with van der Waals surface area (Å²) in [5, 5.41) is 0. The number of carbonyl (C=O) groups excluding carboxylic acids is 1. The molecule has 0 saturated carbocycles. The van der Waals surface area contributed by atoms with Gasteiger partial charge in [0.1, 0.15) is 5.82 Å². The first kappa shape index (κ1) is 18.3. The average molecular weight is 352 g/mol. The Morgan fingerprint density at radius 1 is 1.04 bits per heavy atom. The molecule has 0 unspecified atom stereocenters. The van der Waals surface area contributed by atoms with Crippen LogP contribution in [0.25, 0.3) is 6.08 Å². The molecule has 1 aliphatic heterocycles. The molecule has 2 aromatic rings. The minimum atomic E-state index is -0.308. The average Bonchev–Trinajstić information content (AvgIpc) is 2.88. The van der Waals surface area contributed by atoms with Crippen molar-refractivity contribution in [3.05, 3.63) is 77.1 Å². The Bertz CT molecular complexity index is 787. The van der Waals surface area contributed by atoms with Gasteiger partial charge in [0.15, 0.2) is 0 Å². The van der Waals surface area contributed by atoms with E-state index in [1.54, 1.807) is 24.3 Å². The fourth-order valence-corrected chi connectivity index (χ4v) is 3.25. The highest BCUT2D eigenvalue weighted by Crippen LogP contribution is 2.13. The van der Waals surface area contributed by atoms with Gasteiger partial charge in [0.05, 0.1) is 0 Å². The summed E-state index contributed by atoms with van der Waals surface area (Å²) in [6, 6.07) is 14.9. The molecular weight excluding hydrogens is 327 g/mol. The largest absolute Gasteiger partial charge is 0.338 e. The third kappa shape index (κ3) is 4.79. The third-order valence-electron chi connectivity index (χ3n) is 4.87. The Hall–Kier alpha value is -2.46. The summed E-state index contributed by atoms with van der Waals surface area (Å²) in [4.78, 5) is 16.7. The van der Waals surface area contributed by atoms with Crippen molar-refractivity contribution in [1.82, 2.24) is 9.80 Å². The topological polar surface area (TPSA) is 23.6 Å². The first-order chi connectivity index (χ1) is 12.6. The Labute approximate surface area is 154 Å². The summed E-state index contributed by atoms with van der Waals surface area (Å²) in [6.07, 6.45) is 3.99. The molecule has 1 heterocycles. The molecule has 0 spiro atoms. The summed E-state index contributed by atoms with van der Waals surface area (Å²) in [5.74, 6) is -0.359. The van der Waals surface area contributed by atoms with Gasteiger partial charge in [-0.3, -0.25) is 9.69 Å². The van der Waals surface area contributed by atoms with Gasteiger partial charge in [-0.15, -0.1) is 0 Å². The van der Waals surface area contributed by atoms with E-state index < -0.39 is 0 Å². The Morgan fingerprint density at radius 3 is 2.62 bits per heavy atom. The van der Waals surface area contributed by atoms with E-state index in [1.165, 1.54) is 23.3 Å². The highest BCUT2D eigenvalue weighted by Gasteiger charge is 2.18. The highest BCUT2D eigenvalue weighted by atomic mass is 19.1. The molecule has 0 aliphatic carbocycles. The molecule has 3 nitrogen and oxygen atoms in total. The van der Waals surface area contributed by atoms with Gasteiger partial charge in [-0.1, -0.05) is 42.5 Å². The van der Waals surface area contributed by atoms with Gasteiger partial charge in [-0.05, 0) is 36.6 Å². The molecule has 0 bridgehead atoms. The molecule has 26 heavy (non-hydrogen) atoms. The van der Waals surface area contributed by atoms with E-state index in [0.717, 1.165) is 32.6 Å². The van der Waals surface area contributed by atoms with Gasteiger partial charge in [0, 0.05) is 44.4 Å². The van der Waals surface area contributed by atoms with Crippen molar-refractivity contribution in [1.29, 1.82) is 0 Å². The van der Waals surface area contributed by atoms with Crippen molar-refractivity contribution in [3.8, 4) is 0 Å². The van der Waals surface area contributed by atoms with Crippen LogP contribution in [0.1, 0.15) is 23.1 Å². The zero-order chi connectivity index (χ0) is 18.4. The monoisotopic (exact) mass is 352 g/mol. The summed E-state index contributed by atoms with van der Waals surface area (Å²) < 4.78 is 13.7. The van der Waals surface area contributed by atoms with Gasteiger partial charge in [0.2, 0.25) is 5.91 Å². The number of amides is 1. The van der Waals surface area contributed by atoms with Crippen LogP contribution in [0, 0.1) is 12.7 Å². The van der Waals surface area contributed by atoms with Crippen LogP contribution in [-0.2, 0) is 11.3 Å². The fourth-order valence-electron chi connectivity index (χ4n) is 3.25. The predicted octanol–water partition coefficient (Wildman–Crippen LogP) is 3.88. The SMILES string of the molecule is Cc1ccccc1CN1CCCN(C(=O)C=Cc2ccccc2F)CC1. The maximum atomic E-state index is 13.7. The van der Waals surface area contributed by atoms with E-state index in [-0.39, 0.29) is 11.7 Å². The smallest absolute Gasteiger partial charge is 0.246 e. The lowest BCUT2D eigenvalue weighted by Crippen LogP contribution is -2.34. The van der Waals surface area contributed by atoms with Gasteiger partial charge in [-0.2, -0.15) is 0 Å². The van der Waals surface area contributed by atoms with Crippen LogP contribution < -0.4 is 0 Å². The lowest BCUT2D eigenvalue weighted by Gasteiger charge is -2.22. The number of benzene rings is 2. The Kier molecular flexibility index (Phi) is 6.18. The van der Waals surface area contributed by atoms with Crippen LogP contribution in [0.4, 0.5) is 4.39 Å². The quantitative estimate of drug-likeness (QED) is 0.780. The number of nitrogens with zero attached hydrogens (tertiary/aromatic N) is 2. The predicted molar refractivity (Wildman–Crippen MR) is 103 cm³/mol. The summed E-state index contributed by atoms with van der Waals surface area (Å²) in [6.45, 7) is 6.33. The van der Waals surface area contributed by atoms with Crippen molar-refractivity contribution < 1.29 is 9.18 Å². The molecule has 0 atom stereocenters. The van der Waals surface area contributed by atoms with Gasteiger partial charge in [-0.25, -0.2) is 4.39 Å². The van der Waals surface area contributed by atoms with Crippen molar-refractivity contribution in [2.45, 2.75) is 19.9 Å². The molecule has 1 amide bonds. The number of rotatable bonds is 4. The second-order valence-electron chi connectivity index (χ2n) is 6.74. The lowest BCUT2D eigenvalue weighted by molar-refractivity contribution is -0.125. The molecule has 2 aromatic carbocycles. The van der Waals surface area contributed by atoms with Crippen LogP contribution in [0.5, 0.6) is 0 Å². The normalized spacial score (nSPS) is 16.0. The number of hydrogen-bond donors (Lipinski definition) is 0. The number of aryl methyl sites for hydroxylation is 1. The van der Waals surface area contributed by atoms with Crippen LogP contribution in [0.2, 0.25) is 0 Å². The molecule has 4 heteroatoms. The van der Waals surface area contributed by atoms with Crippen LogP contribution >= 0.6 is 0 Å². The van der Waals surface area contributed by atoms with E-state index in [2.05, 4.69) is 36.1 Å². The number of carbonyl (C=O) groups is 1. The Morgan fingerprint density at radius 2 is 1.81 bits per heavy atom. The second kappa shape index (κ2) is 8.77. The molecule has 3 rings (SSSR count). The minimum absolute atomic E-state index is 0.0500. The molecular formula is C22H25FN2O. The molecule has 0 aromatic heterocycles. The maximum absolute atomic E-state index is 13.7. The first-order valence-corrected chi connectivity index (χ1v) is 9.12. The number of hydrogen-bond acceptors (Lipinski definition) is 2. The van der Waals surface area contributed by atoms with Crippen LogP contribution in [0.15, 0.2) is 54.6 Å². The number of halogens is 1. The van der Waals surface area contributed by atoms with Crippen molar-refractivity contribution in [2.24, 2.45) is 0 Å². The van der Waals surface area contributed by atoms with Crippen molar-refractivity contribution in [2.75, 3.05) is 26.2 Å². The molecule has 0 radical (unpaired) electrons. The van der Waals surface area contributed by atoms with E-state index in [9.17, 15) is 9.18 Å². The third-order valence-corrected chi connectivity index (χ3v) is 4.87. The first-order valence-electron chi connectivity index (χ1n) is 9.12. The molecule has 1 saturated heterocycles. The van der Waals surface area contributed by atoms with Crippen LogP contribution in [-0.4, -0.2) is 41.9 Å². The standard InChI is InChI=1S/C22H25FN2O/c1-18-7-2-3-9-20(18)17-24-13-6-14-25(16-15-24)22(26)12-11-19-8-4-5-10-21(19)23/h2-5,7-12H,6,13-17H2,1H3. The van der Waals surface area contributed by atoms with E-state index in [4.69, 9.17) is 0 Å². The van der Waals surface area contributed by atoms with E-state index in [1.807, 2.05) is 4.90 Å². The summed E-state index contributed by atoms with van der Waals surface area (Å²) in [7, 11) is 0. The van der Waals surface area contributed by atoms with E-state index >= 15 is 0 Å².